The number of anilines is 7. The van der Waals surface area contributed by atoms with E-state index in [0.29, 0.717) is 56.1 Å². The van der Waals surface area contributed by atoms with E-state index < -0.39 is 9.29 Å². The monoisotopic (exact) mass is 643 g/mol. The summed E-state index contributed by atoms with van der Waals surface area (Å²) in [5, 5.41) is 85.2. The third-order valence-electron chi connectivity index (χ3n) is 7.67. The molecule has 3 aromatic carbocycles. The zero-order chi connectivity index (χ0) is 33.4. The topological polar surface area (TPSA) is 221 Å². The number of hydrogen-bond acceptors (Lipinski definition) is 12. The smallest absolute Gasteiger partial charge is 0.141 e. The highest BCUT2D eigenvalue weighted by molar-refractivity contribution is 5.82. The maximum absolute atomic E-state index is 12.6. The number of nitrogens with two attached hydrogens (primary N) is 1. The molecule has 0 radical (unpaired) electrons. The molecule has 0 heterocycles. The average molecular weight is 644 g/mol. The van der Waals surface area contributed by atoms with Crippen LogP contribution in [0.15, 0.2) is 60.7 Å². The predicted molar refractivity (Wildman–Crippen MR) is 183 cm³/mol. The number of hydroxylamine groups is 6. The number of nitrogen functional groups attached to an aromatic ring is 1. The Balaban J connectivity index is 1.51. The lowest BCUT2D eigenvalue weighted by Crippen LogP contribution is -2.47. The molecule has 0 unspecified atom stereocenters. The first kappa shape index (κ1) is 36.6. The molecule has 0 bridgehead atoms. The number of aliphatic hydroxyl groups excluding tert-OH is 4. The van der Waals surface area contributed by atoms with Gasteiger partial charge in [-0.25, -0.2) is 0 Å². The molecule has 254 valence electrons. The van der Waals surface area contributed by atoms with Crippen LogP contribution in [0, 0.1) is 10.4 Å². The van der Waals surface area contributed by atoms with Gasteiger partial charge < -0.3 is 72.2 Å². The van der Waals surface area contributed by atoms with E-state index >= 15 is 0 Å². The summed E-state index contributed by atoms with van der Waals surface area (Å²) in [7, 11) is 0. The van der Waals surface area contributed by atoms with Crippen molar-refractivity contribution in [3.63, 3.8) is 0 Å². The lowest BCUT2D eigenvalue weighted by Gasteiger charge is -2.42. The second kappa shape index (κ2) is 18.3. The van der Waals surface area contributed by atoms with Crippen LogP contribution < -0.4 is 27.0 Å². The highest BCUT2D eigenvalue weighted by Crippen LogP contribution is 2.36. The van der Waals surface area contributed by atoms with Gasteiger partial charge in [-0.05, 0) is 54.6 Å². The van der Waals surface area contributed by atoms with Gasteiger partial charge in [0, 0.05) is 54.7 Å². The van der Waals surface area contributed by atoms with Crippen LogP contribution in [0.1, 0.15) is 12.8 Å². The van der Waals surface area contributed by atoms with Crippen LogP contribution in [-0.2, 0) is 0 Å². The molecular weight excluding hydrogens is 594 g/mol. The summed E-state index contributed by atoms with van der Waals surface area (Å²) in [6, 6.07) is 18.2. The number of nitrogens with zero attached hydrogens (tertiary/aromatic N) is 2. The Morgan fingerprint density at radius 3 is 1.30 bits per heavy atom. The fraction of sp³-hybridized carbons (Fsp3) is 0.438. The van der Waals surface area contributed by atoms with Gasteiger partial charge in [-0.2, -0.15) is 0 Å². The Bertz CT molecular complexity index is 1200. The molecule has 0 fully saturated rings. The minimum absolute atomic E-state index is 0.00604. The molecule has 3 aromatic rings. The number of nitrogens with one attached hydrogen (secondary N) is 4. The van der Waals surface area contributed by atoms with Gasteiger partial charge >= 0.3 is 0 Å². The Hall–Kier alpha value is -3.86. The molecule has 0 aliphatic carbocycles. The average Bonchev–Trinajstić information content (AvgIpc) is 3.02. The number of phenols is 1. The van der Waals surface area contributed by atoms with E-state index in [1.54, 1.807) is 6.07 Å². The van der Waals surface area contributed by atoms with Crippen molar-refractivity contribution in [2.45, 2.75) is 12.8 Å². The molecule has 0 aromatic heterocycles. The largest absolute Gasteiger partial charge is 0.633 e. The quantitative estimate of drug-likeness (QED) is 0.0191. The molecule has 0 amide bonds. The highest BCUT2D eigenvalue weighted by atomic mass is 16.6. The predicted octanol–water partition coefficient (Wildman–Crippen LogP) is 2.66. The number of aromatic hydroxyl groups is 1. The summed E-state index contributed by atoms with van der Waals surface area (Å²) in [5.74, 6) is -0.00604. The van der Waals surface area contributed by atoms with Gasteiger partial charge in [0.1, 0.15) is 31.9 Å². The minimum atomic E-state index is -0.618. The fourth-order valence-electron chi connectivity index (χ4n) is 5.07. The second-order valence-electron chi connectivity index (χ2n) is 11.3. The Morgan fingerprint density at radius 1 is 0.543 bits per heavy atom. The van der Waals surface area contributed by atoms with Crippen LogP contribution >= 0.6 is 0 Å². The van der Waals surface area contributed by atoms with E-state index in [-0.39, 0.29) is 58.4 Å². The summed E-state index contributed by atoms with van der Waals surface area (Å²) < 4.78 is -1.23. The summed E-state index contributed by atoms with van der Waals surface area (Å²) in [6.45, 7) is 1.12. The van der Waals surface area contributed by atoms with Crippen LogP contribution in [0.5, 0.6) is 5.75 Å². The lowest BCUT2D eigenvalue weighted by molar-refractivity contribution is -0.881. The van der Waals surface area contributed by atoms with Gasteiger partial charge in [0.15, 0.2) is 0 Å². The molecule has 0 atom stereocenters. The van der Waals surface area contributed by atoms with Crippen molar-refractivity contribution in [3.8, 4) is 5.75 Å². The Kier molecular flexibility index (Phi) is 14.6. The summed E-state index contributed by atoms with van der Waals surface area (Å²) in [5.41, 5.74) is 10.9. The SMILES string of the molecule is Nc1cc(O)c(Nc2ccc(NCCC[N+]([O-])(CCO)CCO)cc2)cc1Nc1ccc(NCCC[N+]([O-])(CCO)CCO)cc1. The molecule has 0 aliphatic rings. The van der Waals surface area contributed by atoms with E-state index in [1.165, 1.54) is 6.07 Å². The van der Waals surface area contributed by atoms with Crippen molar-refractivity contribution >= 4 is 39.8 Å². The molecule has 11 N–H and O–H groups in total. The molecule has 0 spiro atoms. The summed E-state index contributed by atoms with van der Waals surface area (Å²) >= 11 is 0. The number of rotatable bonds is 22. The molecule has 0 saturated heterocycles. The first-order valence-corrected chi connectivity index (χ1v) is 15.5. The van der Waals surface area contributed by atoms with Gasteiger partial charge in [-0.1, -0.05) is 0 Å². The normalized spacial score (nSPS) is 11.8. The molecule has 0 aliphatic heterocycles. The van der Waals surface area contributed by atoms with E-state index in [9.17, 15) is 15.5 Å². The fourth-order valence-corrected chi connectivity index (χ4v) is 5.07. The van der Waals surface area contributed by atoms with Crippen molar-refractivity contribution in [1.29, 1.82) is 0 Å². The second-order valence-corrected chi connectivity index (χ2v) is 11.3. The summed E-state index contributed by atoms with van der Waals surface area (Å²) in [4.78, 5) is 0. The maximum atomic E-state index is 12.6. The van der Waals surface area contributed by atoms with Crippen molar-refractivity contribution in [2.75, 3.05) is 106 Å². The first-order valence-electron chi connectivity index (χ1n) is 15.5. The number of quaternary nitrogens is 2. The van der Waals surface area contributed by atoms with E-state index in [0.717, 1.165) is 22.7 Å². The van der Waals surface area contributed by atoms with E-state index in [1.807, 2.05) is 48.5 Å². The Morgan fingerprint density at radius 2 is 0.913 bits per heavy atom. The number of hydrogen-bond donors (Lipinski definition) is 10. The van der Waals surface area contributed by atoms with Gasteiger partial charge in [0.2, 0.25) is 0 Å². The Labute approximate surface area is 270 Å². The zero-order valence-corrected chi connectivity index (χ0v) is 26.2. The number of phenolic OH excluding ortho intramolecular Hbond substituents is 1. The molecule has 46 heavy (non-hydrogen) atoms. The third kappa shape index (κ3) is 11.8. The highest BCUT2D eigenvalue weighted by Gasteiger charge is 2.16. The van der Waals surface area contributed by atoms with Crippen molar-refractivity contribution in [1.82, 2.24) is 0 Å². The van der Waals surface area contributed by atoms with Crippen LogP contribution in [0.4, 0.5) is 39.8 Å². The van der Waals surface area contributed by atoms with Crippen LogP contribution in [0.2, 0.25) is 0 Å². The first-order chi connectivity index (χ1) is 22.1. The number of benzene rings is 3. The molecule has 14 heteroatoms. The van der Waals surface area contributed by atoms with Crippen LogP contribution in [-0.4, -0.2) is 114 Å². The molecule has 3 rings (SSSR count). The van der Waals surface area contributed by atoms with Crippen LogP contribution in [0.3, 0.4) is 0 Å². The zero-order valence-electron chi connectivity index (χ0n) is 26.2. The van der Waals surface area contributed by atoms with E-state index in [2.05, 4.69) is 21.3 Å². The summed E-state index contributed by atoms with van der Waals surface area (Å²) in [6.07, 6.45) is 1.17. The van der Waals surface area contributed by atoms with Gasteiger partial charge in [-0.15, -0.1) is 0 Å². The minimum Gasteiger partial charge on any atom is -0.633 e. The standard InChI is InChI=1S/C32H49N7O7/c33-29-23-32(44)31(37-28-9-5-26(6-10-28)35-12-2-14-39(46,17-21-42)18-22-43)24-30(29)36-27-7-3-25(4-8-27)34-11-1-13-38(45,15-19-40)16-20-41/h3-10,23-24,34-37,40-44H,1-2,11-22,33H2. The third-order valence-corrected chi connectivity index (χ3v) is 7.67. The van der Waals surface area contributed by atoms with Gasteiger partial charge in [0.25, 0.3) is 0 Å². The van der Waals surface area contributed by atoms with Crippen molar-refractivity contribution < 1.29 is 34.8 Å². The van der Waals surface area contributed by atoms with Crippen molar-refractivity contribution in [3.05, 3.63) is 71.1 Å². The van der Waals surface area contributed by atoms with Gasteiger partial charge in [0.05, 0.1) is 56.6 Å². The molecule has 0 saturated carbocycles. The van der Waals surface area contributed by atoms with Gasteiger partial charge in [-0.3, -0.25) is 0 Å². The van der Waals surface area contributed by atoms with E-state index in [4.69, 9.17) is 26.2 Å². The van der Waals surface area contributed by atoms with Crippen molar-refractivity contribution in [2.24, 2.45) is 0 Å². The maximum Gasteiger partial charge on any atom is 0.141 e. The van der Waals surface area contributed by atoms with Crippen LogP contribution in [0.25, 0.3) is 0 Å². The molecular formula is C32H49N7O7. The molecule has 14 nitrogen and oxygen atoms in total. The number of aliphatic hydroxyl groups is 4. The lowest BCUT2D eigenvalue weighted by atomic mass is 10.2.